The normalized spacial score (nSPS) is 13.2. The van der Waals surface area contributed by atoms with Crippen LogP contribution < -0.4 is 10.4 Å². The van der Waals surface area contributed by atoms with Gasteiger partial charge in [0.25, 0.3) is 0 Å². The van der Waals surface area contributed by atoms with Gasteiger partial charge in [0.05, 0.1) is 22.4 Å². The maximum absolute atomic E-state index is 5.36. The molecule has 0 unspecified atom stereocenters. The minimum absolute atomic E-state index is 0.923. The molecule has 0 spiro atoms. The van der Waals surface area contributed by atoms with Crippen LogP contribution in [0.1, 0.15) is 0 Å². The Balaban J connectivity index is 1.12. The standard InChI is InChI=1S/C50H34N2Si/c1-53(2)45-21-9-8-16-41(45)48-46(53)29-26-34-30-42(38-14-6-7-15-40(38)47(34)48)37-19-10-18-36-35(37)17-11-20-39(36)44-28-25-33-23-22-32-24-27-43(31-12-4-3-5-13-31)51-49(32)50(33)52-44/h3-30H,1-2H3. The quantitative estimate of drug-likeness (QED) is 0.136. The molecule has 0 N–H and O–H groups in total. The Labute approximate surface area is 309 Å². The Kier molecular flexibility index (Phi) is 6.44. The highest BCUT2D eigenvalue weighted by Crippen LogP contribution is 2.44. The third-order valence-electron chi connectivity index (χ3n) is 11.6. The van der Waals surface area contributed by atoms with Gasteiger partial charge in [0.2, 0.25) is 0 Å². The first-order valence-electron chi connectivity index (χ1n) is 18.4. The summed E-state index contributed by atoms with van der Waals surface area (Å²) >= 11 is 0. The molecule has 0 bridgehead atoms. The van der Waals surface area contributed by atoms with Crippen LogP contribution in [0, 0.1) is 0 Å². The molecule has 0 saturated carbocycles. The molecule has 2 aromatic heterocycles. The molecule has 3 heterocycles. The smallest absolute Gasteiger partial charge is 0.113 e. The number of pyridine rings is 2. The van der Waals surface area contributed by atoms with Crippen LogP contribution >= 0.6 is 0 Å². The molecule has 0 aliphatic carbocycles. The fourth-order valence-corrected chi connectivity index (χ4v) is 12.1. The molecule has 0 saturated heterocycles. The first-order chi connectivity index (χ1) is 26.0. The molecule has 3 heteroatoms. The van der Waals surface area contributed by atoms with Gasteiger partial charge in [-0.05, 0) is 83.1 Å². The van der Waals surface area contributed by atoms with E-state index in [0.29, 0.717) is 0 Å². The molecule has 0 fully saturated rings. The molecular formula is C50H34N2Si. The fraction of sp³-hybridized carbons (Fsp3) is 0.0400. The van der Waals surface area contributed by atoms with E-state index in [2.05, 4.69) is 177 Å². The van der Waals surface area contributed by atoms with Crippen molar-refractivity contribution in [3.63, 3.8) is 0 Å². The number of aromatic nitrogens is 2. The molecule has 0 radical (unpaired) electrons. The Bertz CT molecular complexity index is 3140. The average Bonchev–Trinajstić information content (AvgIpc) is 3.45. The summed E-state index contributed by atoms with van der Waals surface area (Å²) in [6.07, 6.45) is 0. The molecule has 8 aromatic carbocycles. The van der Waals surface area contributed by atoms with Gasteiger partial charge in [-0.2, -0.15) is 0 Å². The lowest BCUT2D eigenvalue weighted by molar-refractivity contribution is 1.37. The van der Waals surface area contributed by atoms with Gasteiger partial charge in [-0.25, -0.2) is 9.97 Å². The summed E-state index contributed by atoms with van der Waals surface area (Å²) in [4.78, 5) is 10.5. The molecule has 248 valence electrons. The van der Waals surface area contributed by atoms with Crippen molar-refractivity contribution in [2.24, 2.45) is 0 Å². The first-order valence-corrected chi connectivity index (χ1v) is 21.4. The maximum Gasteiger partial charge on any atom is 0.113 e. The van der Waals surface area contributed by atoms with E-state index in [0.717, 1.165) is 44.3 Å². The summed E-state index contributed by atoms with van der Waals surface area (Å²) in [7, 11) is -1.80. The topological polar surface area (TPSA) is 25.8 Å². The molecule has 0 amide bonds. The Hall–Kier alpha value is -6.42. The lowest BCUT2D eigenvalue weighted by Crippen LogP contribution is -2.49. The molecule has 0 atom stereocenters. The van der Waals surface area contributed by atoms with Crippen LogP contribution in [0.5, 0.6) is 0 Å². The predicted octanol–water partition coefficient (Wildman–Crippen LogP) is 12.0. The van der Waals surface area contributed by atoms with Gasteiger partial charge in [0.1, 0.15) is 8.07 Å². The molecule has 53 heavy (non-hydrogen) atoms. The highest BCUT2D eigenvalue weighted by Gasteiger charge is 2.38. The van der Waals surface area contributed by atoms with Gasteiger partial charge in [-0.3, -0.25) is 0 Å². The van der Waals surface area contributed by atoms with Gasteiger partial charge in [0, 0.05) is 21.9 Å². The first kappa shape index (κ1) is 30.2. The largest absolute Gasteiger partial charge is 0.245 e. The van der Waals surface area contributed by atoms with E-state index in [-0.39, 0.29) is 0 Å². The fourth-order valence-electron chi connectivity index (χ4n) is 9.07. The summed E-state index contributed by atoms with van der Waals surface area (Å²) in [5, 5.41) is 12.9. The van der Waals surface area contributed by atoms with Crippen molar-refractivity contribution in [1.29, 1.82) is 0 Å². The highest BCUT2D eigenvalue weighted by molar-refractivity contribution is 7.04. The molecule has 1 aliphatic heterocycles. The highest BCUT2D eigenvalue weighted by atomic mass is 28.3. The summed E-state index contributed by atoms with van der Waals surface area (Å²) in [6.45, 7) is 5.00. The van der Waals surface area contributed by atoms with Crippen LogP contribution in [0.25, 0.3) is 98.9 Å². The number of hydrogen-bond donors (Lipinski definition) is 0. The second-order valence-corrected chi connectivity index (χ2v) is 19.2. The van der Waals surface area contributed by atoms with E-state index in [9.17, 15) is 0 Å². The van der Waals surface area contributed by atoms with Gasteiger partial charge >= 0.3 is 0 Å². The van der Waals surface area contributed by atoms with Crippen molar-refractivity contribution in [3.05, 3.63) is 170 Å². The van der Waals surface area contributed by atoms with Crippen molar-refractivity contribution in [3.8, 4) is 44.8 Å². The van der Waals surface area contributed by atoms with E-state index < -0.39 is 8.07 Å². The summed E-state index contributed by atoms with van der Waals surface area (Å²) < 4.78 is 0. The molecule has 10 aromatic rings. The van der Waals surface area contributed by atoms with Gasteiger partial charge < -0.3 is 0 Å². The van der Waals surface area contributed by atoms with E-state index in [1.807, 2.05) is 6.07 Å². The van der Waals surface area contributed by atoms with Gasteiger partial charge in [-0.1, -0.05) is 165 Å². The molecule has 11 rings (SSSR count). The summed E-state index contributed by atoms with van der Waals surface area (Å²) in [6, 6.07) is 62.1. The lowest BCUT2D eigenvalue weighted by atomic mass is 9.87. The van der Waals surface area contributed by atoms with Crippen molar-refractivity contribution in [1.82, 2.24) is 9.97 Å². The zero-order valence-electron chi connectivity index (χ0n) is 29.6. The molecule has 2 nitrogen and oxygen atoms in total. The van der Waals surface area contributed by atoms with Crippen LogP contribution in [-0.2, 0) is 0 Å². The average molecular weight is 691 g/mol. The Morgan fingerprint density at radius 2 is 0.925 bits per heavy atom. The third kappa shape index (κ3) is 4.44. The lowest BCUT2D eigenvalue weighted by Gasteiger charge is -2.20. The van der Waals surface area contributed by atoms with Crippen LogP contribution in [0.4, 0.5) is 0 Å². The monoisotopic (exact) mass is 690 g/mol. The van der Waals surface area contributed by atoms with E-state index >= 15 is 0 Å². The summed E-state index contributed by atoms with van der Waals surface area (Å²) in [5.41, 5.74) is 11.3. The summed E-state index contributed by atoms with van der Waals surface area (Å²) in [5.74, 6) is 0. The van der Waals surface area contributed by atoms with Crippen LogP contribution in [0.15, 0.2) is 170 Å². The van der Waals surface area contributed by atoms with E-state index in [4.69, 9.17) is 9.97 Å². The van der Waals surface area contributed by atoms with Crippen LogP contribution in [0.2, 0.25) is 13.1 Å². The van der Waals surface area contributed by atoms with Crippen molar-refractivity contribution in [2.45, 2.75) is 13.1 Å². The number of rotatable bonds is 3. The second-order valence-electron chi connectivity index (χ2n) is 14.9. The maximum atomic E-state index is 5.36. The second kappa shape index (κ2) is 11.3. The van der Waals surface area contributed by atoms with Crippen LogP contribution in [-0.4, -0.2) is 18.0 Å². The Morgan fingerprint density at radius 1 is 0.377 bits per heavy atom. The minimum Gasteiger partial charge on any atom is -0.245 e. The molecular weight excluding hydrogens is 657 g/mol. The molecule has 1 aliphatic rings. The number of fused-ring (bicyclic) bond motifs is 11. The van der Waals surface area contributed by atoms with Crippen LogP contribution in [0.3, 0.4) is 0 Å². The van der Waals surface area contributed by atoms with E-state index in [1.54, 1.807) is 10.4 Å². The van der Waals surface area contributed by atoms with Gasteiger partial charge in [0.15, 0.2) is 0 Å². The van der Waals surface area contributed by atoms with Crippen molar-refractivity contribution in [2.75, 3.05) is 0 Å². The SMILES string of the molecule is C[Si]1(C)c2ccccc2-c2c1ccc1cc(-c3cccc4c(-c5ccc6ccc7ccc(-c8ccccc8)nc7c6n5)cccc34)c3ccccc3c21. The number of nitrogens with zero attached hydrogens (tertiary/aromatic N) is 2. The number of benzene rings is 8. The predicted molar refractivity (Wildman–Crippen MR) is 228 cm³/mol. The minimum atomic E-state index is -1.80. The van der Waals surface area contributed by atoms with E-state index in [1.165, 1.54) is 54.6 Å². The third-order valence-corrected chi connectivity index (χ3v) is 15.2. The zero-order chi connectivity index (χ0) is 35.3. The van der Waals surface area contributed by atoms with Crippen molar-refractivity contribution < 1.29 is 0 Å². The number of hydrogen-bond acceptors (Lipinski definition) is 2. The van der Waals surface area contributed by atoms with Gasteiger partial charge in [-0.15, -0.1) is 0 Å². The van der Waals surface area contributed by atoms with Crippen molar-refractivity contribution >= 4 is 72.6 Å². The zero-order valence-corrected chi connectivity index (χ0v) is 30.6. The Morgan fingerprint density at radius 3 is 1.72 bits per heavy atom.